The van der Waals surface area contributed by atoms with Crippen LogP contribution in [0.3, 0.4) is 0 Å². The molecule has 0 saturated carbocycles. The van der Waals surface area contributed by atoms with E-state index in [0.717, 1.165) is 34.3 Å². The van der Waals surface area contributed by atoms with Crippen molar-refractivity contribution in [3.8, 4) is 11.5 Å². The fraction of sp³-hybridized carbons (Fsp3) is 0.320. The van der Waals surface area contributed by atoms with Gasteiger partial charge in [0.2, 0.25) is 0 Å². The van der Waals surface area contributed by atoms with E-state index in [1.54, 1.807) is 14.0 Å². The minimum atomic E-state index is -0.603. The molecule has 0 radical (unpaired) electrons. The lowest BCUT2D eigenvalue weighted by Gasteiger charge is -2.24. The van der Waals surface area contributed by atoms with Crippen molar-refractivity contribution in [2.75, 3.05) is 7.11 Å². The van der Waals surface area contributed by atoms with Crippen LogP contribution in [-0.4, -0.2) is 19.1 Å². The summed E-state index contributed by atoms with van der Waals surface area (Å²) < 4.78 is 11.3. The molecule has 4 nitrogen and oxygen atoms in total. The number of rotatable bonds is 8. The van der Waals surface area contributed by atoms with Crippen molar-refractivity contribution in [2.24, 2.45) is 5.92 Å². The Labute approximate surface area is 172 Å². The van der Waals surface area contributed by atoms with Gasteiger partial charge in [0.1, 0.15) is 11.5 Å². The summed E-state index contributed by atoms with van der Waals surface area (Å²) in [5.74, 6) is 1.84. The zero-order valence-corrected chi connectivity index (χ0v) is 17.5. The molecule has 0 saturated heterocycles. The fourth-order valence-electron chi connectivity index (χ4n) is 3.42. The van der Waals surface area contributed by atoms with Gasteiger partial charge in [-0.2, -0.15) is 0 Å². The van der Waals surface area contributed by atoms with Gasteiger partial charge in [-0.25, -0.2) is 0 Å². The molecule has 29 heavy (non-hydrogen) atoms. The molecule has 0 aliphatic heterocycles. The third-order valence-corrected chi connectivity index (χ3v) is 4.96. The Kier molecular flexibility index (Phi) is 6.76. The summed E-state index contributed by atoms with van der Waals surface area (Å²) in [4.78, 5) is 12.9. The molecule has 152 valence electrons. The smallest absolute Gasteiger partial charge is 0.261 e. The van der Waals surface area contributed by atoms with E-state index in [-0.39, 0.29) is 11.9 Å². The van der Waals surface area contributed by atoms with Gasteiger partial charge in [0.25, 0.3) is 5.91 Å². The van der Waals surface area contributed by atoms with Crippen LogP contribution < -0.4 is 14.8 Å². The highest BCUT2D eigenvalue weighted by Crippen LogP contribution is 2.27. The molecular weight excluding hydrogens is 362 g/mol. The second-order valence-electron chi connectivity index (χ2n) is 7.70. The van der Waals surface area contributed by atoms with E-state index in [2.05, 4.69) is 19.2 Å². The lowest BCUT2D eigenvalue weighted by atomic mass is 9.96. The SMILES string of the molecule is COc1ccc([C@@H](CC(C)C)NC(=O)[C@H](C)Oc2cccc3ccccc23)cc1. The van der Waals surface area contributed by atoms with Crippen molar-refractivity contribution < 1.29 is 14.3 Å². The fourth-order valence-corrected chi connectivity index (χ4v) is 3.42. The summed E-state index contributed by atoms with van der Waals surface area (Å²) in [6.45, 7) is 6.09. The molecule has 0 aliphatic carbocycles. The molecule has 3 aromatic carbocycles. The van der Waals surface area contributed by atoms with Crippen LogP contribution in [0.15, 0.2) is 66.7 Å². The second kappa shape index (κ2) is 9.46. The minimum Gasteiger partial charge on any atom is -0.497 e. The van der Waals surface area contributed by atoms with Gasteiger partial charge < -0.3 is 14.8 Å². The van der Waals surface area contributed by atoms with Gasteiger partial charge in [0.15, 0.2) is 6.10 Å². The Balaban J connectivity index is 1.74. The van der Waals surface area contributed by atoms with Crippen LogP contribution in [0.1, 0.15) is 38.8 Å². The molecule has 0 spiro atoms. The number of amides is 1. The van der Waals surface area contributed by atoms with Gasteiger partial charge >= 0.3 is 0 Å². The lowest BCUT2D eigenvalue weighted by molar-refractivity contribution is -0.128. The minimum absolute atomic E-state index is 0.0769. The van der Waals surface area contributed by atoms with Crippen molar-refractivity contribution in [1.29, 1.82) is 0 Å². The normalized spacial score (nSPS) is 13.1. The van der Waals surface area contributed by atoms with Gasteiger partial charge in [-0.05, 0) is 48.4 Å². The van der Waals surface area contributed by atoms with E-state index >= 15 is 0 Å². The standard InChI is InChI=1S/C25H29NO3/c1-17(2)16-23(20-12-14-21(28-4)15-13-20)26-25(27)18(3)29-24-11-7-9-19-8-5-6-10-22(19)24/h5-15,17-18,23H,16H2,1-4H3,(H,26,27)/t18-,23+/m0/s1. The Morgan fingerprint density at radius 1 is 0.931 bits per heavy atom. The molecule has 0 bridgehead atoms. The topological polar surface area (TPSA) is 47.6 Å². The van der Waals surface area contributed by atoms with Crippen molar-refractivity contribution in [2.45, 2.75) is 39.3 Å². The molecule has 2 atom stereocenters. The summed E-state index contributed by atoms with van der Waals surface area (Å²) in [5.41, 5.74) is 1.06. The van der Waals surface area contributed by atoms with Crippen LogP contribution in [0, 0.1) is 5.92 Å². The van der Waals surface area contributed by atoms with Crippen molar-refractivity contribution in [1.82, 2.24) is 5.32 Å². The van der Waals surface area contributed by atoms with Crippen LogP contribution in [0.2, 0.25) is 0 Å². The van der Waals surface area contributed by atoms with E-state index in [1.165, 1.54) is 0 Å². The molecule has 0 unspecified atom stereocenters. The van der Waals surface area contributed by atoms with Crippen LogP contribution in [0.4, 0.5) is 0 Å². The van der Waals surface area contributed by atoms with Gasteiger partial charge in [0, 0.05) is 5.39 Å². The number of hydrogen-bond acceptors (Lipinski definition) is 3. The Morgan fingerprint density at radius 2 is 1.62 bits per heavy atom. The number of ether oxygens (including phenoxy) is 2. The molecule has 1 N–H and O–H groups in total. The molecule has 3 aromatic rings. The third kappa shape index (κ3) is 5.29. The first-order valence-electron chi connectivity index (χ1n) is 10.1. The van der Waals surface area contributed by atoms with Gasteiger partial charge in [0.05, 0.1) is 13.2 Å². The highest BCUT2D eigenvalue weighted by molar-refractivity contribution is 5.89. The van der Waals surface area contributed by atoms with Gasteiger partial charge in [-0.3, -0.25) is 4.79 Å². The summed E-state index contributed by atoms with van der Waals surface area (Å²) in [6.07, 6.45) is 0.243. The summed E-state index contributed by atoms with van der Waals surface area (Å²) in [5, 5.41) is 5.26. The van der Waals surface area contributed by atoms with E-state index < -0.39 is 6.10 Å². The molecule has 0 fully saturated rings. The van der Waals surface area contributed by atoms with Gasteiger partial charge in [-0.1, -0.05) is 62.4 Å². The van der Waals surface area contributed by atoms with Crippen molar-refractivity contribution >= 4 is 16.7 Å². The van der Waals surface area contributed by atoms with Crippen LogP contribution in [-0.2, 0) is 4.79 Å². The Hall–Kier alpha value is -3.01. The molecule has 4 heteroatoms. The average Bonchev–Trinajstić information content (AvgIpc) is 2.73. The van der Waals surface area contributed by atoms with Crippen LogP contribution >= 0.6 is 0 Å². The molecule has 0 heterocycles. The number of methoxy groups -OCH3 is 1. The summed E-state index contributed by atoms with van der Waals surface area (Å²) in [6, 6.07) is 21.7. The first-order valence-corrected chi connectivity index (χ1v) is 10.1. The lowest BCUT2D eigenvalue weighted by Crippen LogP contribution is -2.39. The number of carbonyl (C=O) groups is 1. The summed E-state index contributed by atoms with van der Waals surface area (Å²) >= 11 is 0. The number of nitrogens with one attached hydrogen (secondary N) is 1. The molecule has 1 amide bonds. The first-order chi connectivity index (χ1) is 14.0. The molecule has 0 aliphatic rings. The van der Waals surface area contributed by atoms with Crippen molar-refractivity contribution in [3.05, 3.63) is 72.3 Å². The summed E-state index contributed by atoms with van der Waals surface area (Å²) in [7, 11) is 1.65. The first kappa shape index (κ1) is 20.7. The quantitative estimate of drug-likeness (QED) is 0.550. The predicted molar refractivity (Wildman–Crippen MR) is 117 cm³/mol. The zero-order chi connectivity index (χ0) is 20.8. The highest BCUT2D eigenvalue weighted by Gasteiger charge is 2.22. The zero-order valence-electron chi connectivity index (χ0n) is 17.5. The van der Waals surface area contributed by atoms with E-state index in [4.69, 9.17) is 9.47 Å². The molecule has 0 aromatic heterocycles. The van der Waals surface area contributed by atoms with E-state index in [0.29, 0.717) is 5.92 Å². The Bertz CT molecular complexity index is 944. The van der Waals surface area contributed by atoms with Crippen molar-refractivity contribution in [3.63, 3.8) is 0 Å². The maximum absolute atomic E-state index is 12.9. The van der Waals surface area contributed by atoms with E-state index in [9.17, 15) is 4.79 Å². The number of carbonyl (C=O) groups excluding carboxylic acids is 1. The maximum Gasteiger partial charge on any atom is 0.261 e. The largest absolute Gasteiger partial charge is 0.497 e. The number of benzene rings is 3. The van der Waals surface area contributed by atoms with Crippen LogP contribution in [0.25, 0.3) is 10.8 Å². The number of hydrogen-bond donors (Lipinski definition) is 1. The molecular formula is C25H29NO3. The van der Waals surface area contributed by atoms with Crippen LogP contribution in [0.5, 0.6) is 11.5 Å². The second-order valence-corrected chi connectivity index (χ2v) is 7.70. The highest BCUT2D eigenvalue weighted by atomic mass is 16.5. The van der Waals surface area contributed by atoms with Gasteiger partial charge in [-0.15, -0.1) is 0 Å². The average molecular weight is 392 g/mol. The third-order valence-electron chi connectivity index (χ3n) is 4.96. The Morgan fingerprint density at radius 3 is 2.31 bits per heavy atom. The molecule has 3 rings (SSSR count). The predicted octanol–water partition coefficient (Wildman–Crippen LogP) is 5.52. The number of fused-ring (bicyclic) bond motifs is 1. The monoisotopic (exact) mass is 391 g/mol. The van der Waals surface area contributed by atoms with E-state index in [1.807, 2.05) is 66.7 Å². The maximum atomic E-state index is 12.9.